The molecule has 156 valence electrons. The van der Waals surface area contributed by atoms with Gasteiger partial charge < -0.3 is 14.8 Å². The van der Waals surface area contributed by atoms with Gasteiger partial charge in [-0.05, 0) is 54.7 Å². The number of fused-ring (bicyclic) bond motifs is 2. The van der Waals surface area contributed by atoms with E-state index in [1.165, 1.54) is 12.0 Å². The van der Waals surface area contributed by atoms with E-state index in [0.717, 1.165) is 38.1 Å². The van der Waals surface area contributed by atoms with Crippen molar-refractivity contribution in [2.75, 3.05) is 19.7 Å². The number of ether oxygens (including phenoxy) is 2. The van der Waals surface area contributed by atoms with Crippen molar-refractivity contribution in [2.45, 2.75) is 58.7 Å². The van der Waals surface area contributed by atoms with Crippen LogP contribution in [0.2, 0.25) is 0 Å². The molecule has 5 atom stereocenters. The standard InChI is InChI=1S/C22H32N2O3.ClH/c1-13(2)17-5-4-14(3)8-20(17)27-22(25)19-10-15-9-18-21(26-7-6-23-18)11-16(15)12-24-19;/h9-10,13-14,16-17,20-21,23H,4-8,11-12H2,1-3H3;1H/t14-,16?,17+,20-,21?;/m1./s1. The largest absolute Gasteiger partial charge is 0.457 e. The Bertz CT molecular complexity index is 685. The highest BCUT2D eigenvalue weighted by Gasteiger charge is 2.36. The van der Waals surface area contributed by atoms with Gasteiger partial charge in [-0.1, -0.05) is 27.2 Å². The van der Waals surface area contributed by atoms with Gasteiger partial charge in [-0.25, -0.2) is 4.79 Å². The lowest BCUT2D eigenvalue weighted by molar-refractivity contribution is -0.147. The van der Waals surface area contributed by atoms with Gasteiger partial charge in [-0.3, -0.25) is 4.99 Å². The van der Waals surface area contributed by atoms with Gasteiger partial charge in [0.1, 0.15) is 11.8 Å². The number of dihydropyridines is 1. The van der Waals surface area contributed by atoms with Crippen LogP contribution in [0.4, 0.5) is 0 Å². The molecule has 0 aromatic heterocycles. The third kappa shape index (κ3) is 4.46. The molecule has 4 rings (SSSR count). The van der Waals surface area contributed by atoms with Gasteiger partial charge >= 0.3 is 5.97 Å². The molecule has 0 amide bonds. The van der Waals surface area contributed by atoms with Crippen molar-refractivity contribution in [1.82, 2.24) is 5.32 Å². The summed E-state index contributed by atoms with van der Waals surface area (Å²) in [6, 6.07) is 0. The highest BCUT2D eigenvalue weighted by atomic mass is 35.5. The Morgan fingerprint density at radius 1 is 1.29 bits per heavy atom. The van der Waals surface area contributed by atoms with E-state index in [-0.39, 0.29) is 30.6 Å². The van der Waals surface area contributed by atoms with E-state index in [0.29, 0.717) is 35.9 Å². The Morgan fingerprint density at radius 2 is 2.11 bits per heavy atom. The lowest BCUT2D eigenvalue weighted by atomic mass is 9.75. The first-order chi connectivity index (χ1) is 13.0. The SMILES string of the molecule is CC(C)[C@@H]1CC[C@@H](C)C[C@H]1OC(=O)C1=NCC2CC3OCCNC3=CC2=C1.Cl. The number of nitrogens with one attached hydrogen (secondary N) is 1. The van der Waals surface area contributed by atoms with Crippen molar-refractivity contribution in [2.24, 2.45) is 28.7 Å². The first-order valence-electron chi connectivity index (χ1n) is 10.6. The van der Waals surface area contributed by atoms with Crippen molar-refractivity contribution in [3.8, 4) is 0 Å². The van der Waals surface area contributed by atoms with E-state index in [2.05, 4.69) is 37.2 Å². The highest BCUT2D eigenvalue weighted by molar-refractivity contribution is 6.41. The second-order valence-electron chi connectivity index (χ2n) is 8.96. The van der Waals surface area contributed by atoms with Crippen molar-refractivity contribution >= 4 is 24.1 Å². The number of aliphatic imine (C=N–C) groups is 1. The van der Waals surface area contributed by atoms with Crippen LogP contribution in [0, 0.1) is 23.7 Å². The first kappa shape index (κ1) is 21.4. The Labute approximate surface area is 174 Å². The molecule has 0 radical (unpaired) electrons. The maximum atomic E-state index is 12.8. The normalized spacial score (nSPS) is 34.6. The number of hydrogen-bond acceptors (Lipinski definition) is 5. The summed E-state index contributed by atoms with van der Waals surface area (Å²) in [6.45, 7) is 8.97. The molecular formula is C22H33ClN2O3. The number of rotatable bonds is 3. The summed E-state index contributed by atoms with van der Waals surface area (Å²) in [5.41, 5.74) is 2.80. The summed E-state index contributed by atoms with van der Waals surface area (Å²) in [5, 5.41) is 3.43. The summed E-state index contributed by atoms with van der Waals surface area (Å²) in [7, 11) is 0. The molecule has 0 aromatic carbocycles. The molecule has 2 unspecified atom stereocenters. The highest BCUT2D eigenvalue weighted by Crippen LogP contribution is 2.36. The van der Waals surface area contributed by atoms with E-state index in [1.54, 1.807) is 0 Å². The Hall–Kier alpha value is -1.33. The zero-order chi connectivity index (χ0) is 19.0. The number of carbonyl (C=O) groups is 1. The minimum Gasteiger partial charge on any atom is -0.457 e. The third-order valence-corrected chi connectivity index (χ3v) is 6.60. The van der Waals surface area contributed by atoms with Crippen LogP contribution in [-0.2, 0) is 14.3 Å². The van der Waals surface area contributed by atoms with E-state index in [4.69, 9.17) is 9.47 Å². The maximum absolute atomic E-state index is 12.8. The average molecular weight is 409 g/mol. The summed E-state index contributed by atoms with van der Waals surface area (Å²) in [5.74, 6) is 1.69. The molecule has 2 aliphatic carbocycles. The summed E-state index contributed by atoms with van der Waals surface area (Å²) >= 11 is 0. The topological polar surface area (TPSA) is 59.9 Å². The van der Waals surface area contributed by atoms with E-state index < -0.39 is 0 Å². The van der Waals surface area contributed by atoms with Crippen LogP contribution in [0.5, 0.6) is 0 Å². The van der Waals surface area contributed by atoms with Crippen LogP contribution in [-0.4, -0.2) is 43.6 Å². The van der Waals surface area contributed by atoms with Gasteiger partial charge in [0, 0.05) is 24.7 Å². The number of hydrogen-bond donors (Lipinski definition) is 1. The van der Waals surface area contributed by atoms with E-state index in [1.807, 2.05) is 6.08 Å². The number of morpholine rings is 1. The summed E-state index contributed by atoms with van der Waals surface area (Å²) in [4.78, 5) is 17.4. The zero-order valence-electron chi connectivity index (χ0n) is 17.1. The molecule has 1 N–H and O–H groups in total. The fourth-order valence-corrected chi connectivity index (χ4v) is 4.95. The molecule has 0 aromatic rings. The minimum absolute atomic E-state index is 0. The van der Waals surface area contributed by atoms with Gasteiger partial charge in [0.25, 0.3) is 0 Å². The Morgan fingerprint density at radius 3 is 2.89 bits per heavy atom. The average Bonchev–Trinajstić information content (AvgIpc) is 2.65. The fourth-order valence-electron chi connectivity index (χ4n) is 4.95. The van der Waals surface area contributed by atoms with Crippen LogP contribution in [0.15, 0.2) is 28.4 Å². The van der Waals surface area contributed by atoms with Crippen LogP contribution >= 0.6 is 12.4 Å². The fraction of sp³-hybridized carbons (Fsp3) is 0.727. The van der Waals surface area contributed by atoms with Crippen molar-refractivity contribution in [3.63, 3.8) is 0 Å². The quantitative estimate of drug-likeness (QED) is 0.723. The Kier molecular flexibility index (Phi) is 6.87. The molecule has 6 heteroatoms. The lowest BCUT2D eigenvalue weighted by Crippen LogP contribution is -2.41. The molecule has 1 saturated carbocycles. The summed E-state index contributed by atoms with van der Waals surface area (Å²) in [6.07, 6.45) is 8.54. The van der Waals surface area contributed by atoms with Crippen molar-refractivity contribution < 1.29 is 14.3 Å². The molecule has 2 aliphatic heterocycles. The van der Waals surface area contributed by atoms with Crippen molar-refractivity contribution in [1.29, 1.82) is 0 Å². The number of nitrogens with zero attached hydrogens (tertiary/aromatic N) is 1. The Balaban J connectivity index is 0.00000225. The smallest absolute Gasteiger partial charge is 0.356 e. The first-order valence-corrected chi connectivity index (χ1v) is 10.6. The van der Waals surface area contributed by atoms with Crippen LogP contribution < -0.4 is 5.32 Å². The second-order valence-corrected chi connectivity index (χ2v) is 8.96. The van der Waals surface area contributed by atoms with Crippen molar-refractivity contribution in [3.05, 3.63) is 23.4 Å². The minimum atomic E-state index is -0.251. The van der Waals surface area contributed by atoms with Gasteiger partial charge in [-0.2, -0.15) is 0 Å². The number of carbonyl (C=O) groups excluding carboxylic acids is 1. The molecule has 5 nitrogen and oxygen atoms in total. The second kappa shape index (κ2) is 9.00. The van der Waals surface area contributed by atoms with Gasteiger partial charge in [-0.15, -0.1) is 12.4 Å². The predicted molar refractivity (Wildman–Crippen MR) is 113 cm³/mol. The molecule has 0 bridgehead atoms. The van der Waals surface area contributed by atoms with Crippen LogP contribution in [0.25, 0.3) is 0 Å². The van der Waals surface area contributed by atoms with Gasteiger partial charge in [0.15, 0.2) is 0 Å². The zero-order valence-corrected chi connectivity index (χ0v) is 18.0. The monoisotopic (exact) mass is 408 g/mol. The number of esters is 1. The van der Waals surface area contributed by atoms with Gasteiger partial charge in [0.05, 0.1) is 12.7 Å². The van der Waals surface area contributed by atoms with Gasteiger partial charge in [0.2, 0.25) is 0 Å². The summed E-state index contributed by atoms with van der Waals surface area (Å²) < 4.78 is 11.8. The van der Waals surface area contributed by atoms with E-state index in [9.17, 15) is 4.79 Å². The maximum Gasteiger partial charge on any atom is 0.356 e. The number of halogens is 1. The molecule has 1 saturated heterocycles. The molecule has 28 heavy (non-hydrogen) atoms. The lowest BCUT2D eigenvalue weighted by Gasteiger charge is -2.37. The third-order valence-electron chi connectivity index (χ3n) is 6.60. The predicted octanol–water partition coefficient (Wildman–Crippen LogP) is 3.69. The molecule has 4 aliphatic rings. The molecule has 2 heterocycles. The molecule has 0 spiro atoms. The molecule has 2 fully saturated rings. The van der Waals surface area contributed by atoms with Crippen LogP contribution in [0.1, 0.15) is 46.5 Å². The van der Waals surface area contributed by atoms with Crippen LogP contribution in [0.3, 0.4) is 0 Å². The van der Waals surface area contributed by atoms with E-state index >= 15 is 0 Å². The molecular weight excluding hydrogens is 376 g/mol. The number of allylic oxidation sites excluding steroid dienone is 1.